The summed E-state index contributed by atoms with van der Waals surface area (Å²) in [5.74, 6) is 1.14. The molecule has 6 nitrogen and oxygen atoms in total. The number of nitrogens with one attached hydrogen (secondary N) is 2. The van der Waals surface area contributed by atoms with Crippen LogP contribution in [0.5, 0.6) is 0 Å². The number of aromatic nitrogens is 3. The van der Waals surface area contributed by atoms with Crippen molar-refractivity contribution in [2.24, 2.45) is 0 Å². The molecule has 1 aliphatic rings. The Morgan fingerprint density at radius 1 is 1.06 bits per heavy atom. The first-order valence-corrected chi connectivity index (χ1v) is 13.0. The lowest BCUT2D eigenvalue weighted by Gasteiger charge is -2.29. The molecule has 8 heteroatoms. The van der Waals surface area contributed by atoms with E-state index in [-0.39, 0.29) is 5.91 Å². The molecule has 4 aromatic rings. The van der Waals surface area contributed by atoms with Gasteiger partial charge < -0.3 is 10.6 Å². The summed E-state index contributed by atoms with van der Waals surface area (Å²) >= 11 is 7.92. The molecule has 1 amide bonds. The van der Waals surface area contributed by atoms with Crippen molar-refractivity contribution in [1.82, 2.24) is 14.8 Å². The quantitative estimate of drug-likeness (QED) is 0.277. The Morgan fingerprint density at radius 3 is 2.64 bits per heavy atom. The van der Waals surface area contributed by atoms with Gasteiger partial charge in [0.1, 0.15) is 6.04 Å². The zero-order chi connectivity index (χ0) is 25.2. The van der Waals surface area contributed by atoms with Crippen molar-refractivity contribution < 1.29 is 4.79 Å². The second kappa shape index (κ2) is 10.2. The van der Waals surface area contributed by atoms with Crippen LogP contribution in [-0.4, -0.2) is 20.7 Å². The molecular weight excluding hydrogens is 490 g/mol. The van der Waals surface area contributed by atoms with Gasteiger partial charge in [-0.2, -0.15) is 4.98 Å². The molecule has 1 atom stereocenters. The van der Waals surface area contributed by atoms with Gasteiger partial charge in [0.25, 0.3) is 5.91 Å². The average molecular weight is 516 g/mol. The summed E-state index contributed by atoms with van der Waals surface area (Å²) in [6.45, 7) is 5.94. The number of hydrogen-bond donors (Lipinski definition) is 2. The largest absolute Gasteiger partial charge is 0.328 e. The van der Waals surface area contributed by atoms with Crippen molar-refractivity contribution in [3.8, 4) is 0 Å². The Morgan fingerprint density at radius 2 is 1.86 bits per heavy atom. The fourth-order valence-corrected chi connectivity index (χ4v) is 5.29. The number of hydrogen-bond acceptors (Lipinski definition) is 5. The smallest absolute Gasteiger partial charge is 0.255 e. The predicted octanol–water partition coefficient (Wildman–Crippen LogP) is 6.77. The van der Waals surface area contributed by atoms with Crippen LogP contribution >= 0.6 is 23.4 Å². The van der Waals surface area contributed by atoms with E-state index < -0.39 is 6.04 Å². The third-order valence-corrected chi connectivity index (χ3v) is 7.23. The van der Waals surface area contributed by atoms with E-state index in [9.17, 15) is 4.79 Å². The van der Waals surface area contributed by atoms with Crippen molar-refractivity contribution in [2.45, 2.75) is 37.7 Å². The van der Waals surface area contributed by atoms with Gasteiger partial charge in [-0.05, 0) is 55.7 Å². The standard InChI is InChI=1S/C28H26ClN5OS/c1-17-8-6-10-20(14-17)16-36-28-32-27-30-19(3)24(26(35)31-23-13-5-4-9-18(23)2)25(34(27)33-28)21-11-7-12-22(29)15-21/h4-15,25H,16H2,1-3H3,(H,31,35)(H,30,32,33). The Hall–Kier alpha value is -3.55. The number of benzene rings is 3. The Balaban J connectivity index is 1.50. The molecule has 2 N–H and O–H groups in total. The molecule has 0 radical (unpaired) electrons. The number of para-hydroxylation sites is 1. The van der Waals surface area contributed by atoms with Gasteiger partial charge in [0, 0.05) is 22.2 Å². The van der Waals surface area contributed by atoms with E-state index >= 15 is 0 Å². The maximum Gasteiger partial charge on any atom is 0.255 e. The Bertz CT molecular complexity index is 1480. The van der Waals surface area contributed by atoms with Crippen molar-refractivity contribution in [3.63, 3.8) is 0 Å². The van der Waals surface area contributed by atoms with E-state index in [1.165, 1.54) is 11.1 Å². The maximum absolute atomic E-state index is 13.6. The van der Waals surface area contributed by atoms with Crippen LogP contribution in [0.2, 0.25) is 5.02 Å². The van der Waals surface area contributed by atoms with Crippen molar-refractivity contribution >= 4 is 40.9 Å². The number of carbonyl (C=O) groups excluding carboxylic acids is 1. The van der Waals surface area contributed by atoms with Crippen molar-refractivity contribution in [3.05, 3.63) is 111 Å². The highest BCUT2D eigenvalue weighted by Crippen LogP contribution is 2.37. The molecule has 1 aromatic heterocycles. The van der Waals surface area contributed by atoms with E-state index in [0.717, 1.165) is 28.3 Å². The normalized spacial score (nSPS) is 14.8. The lowest BCUT2D eigenvalue weighted by Crippen LogP contribution is -2.31. The zero-order valence-electron chi connectivity index (χ0n) is 20.2. The number of thioether (sulfide) groups is 1. The number of nitrogens with zero attached hydrogens (tertiary/aromatic N) is 3. The summed E-state index contributed by atoms with van der Waals surface area (Å²) < 4.78 is 1.78. The van der Waals surface area contributed by atoms with E-state index in [2.05, 4.69) is 41.8 Å². The summed E-state index contributed by atoms with van der Waals surface area (Å²) in [6, 6.07) is 23.2. The lowest BCUT2D eigenvalue weighted by molar-refractivity contribution is -0.113. The van der Waals surface area contributed by atoms with Gasteiger partial charge in [-0.15, -0.1) is 5.10 Å². The minimum absolute atomic E-state index is 0.200. The van der Waals surface area contributed by atoms with Gasteiger partial charge >= 0.3 is 0 Å². The summed E-state index contributed by atoms with van der Waals surface area (Å²) in [5.41, 5.74) is 6.33. The molecule has 0 saturated carbocycles. The van der Waals surface area contributed by atoms with Crippen LogP contribution in [-0.2, 0) is 10.5 Å². The molecule has 2 heterocycles. The summed E-state index contributed by atoms with van der Waals surface area (Å²) in [7, 11) is 0. The minimum Gasteiger partial charge on any atom is -0.328 e. The highest BCUT2D eigenvalue weighted by atomic mass is 35.5. The van der Waals surface area contributed by atoms with Crippen molar-refractivity contribution in [2.75, 3.05) is 10.6 Å². The van der Waals surface area contributed by atoms with Gasteiger partial charge in [-0.1, -0.05) is 83.5 Å². The predicted molar refractivity (Wildman–Crippen MR) is 146 cm³/mol. The van der Waals surface area contributed by atoms with Gasteiger partial charge in [0.15, 0.2) is 0 Å². The van der Waals surface area contributed by atoms with E-state index in [0.29, 0.717) is 21.7 Å². The monoisotopic (exact) mass is 515 g/mol. The van der Waals surface area contributed by atoms with E-state index in [1.807, 2.05) is 62.4 Å². The maximum atomic E-state index is 13.6. The van der Waals surface area contributed by atoms with Gasteiger partial charge in [0.05, 0.1) is 5.57 Å². The highest BCUT2D eigenvalue weighted by Gasteiger charge is 2.34. The van der Waals surface area contributed by atoms with Crippen LogP contribution in [0.15, 0.2) is 89.2 Å². The van der Waals surface area contributed by atoms with Crippen LogP contribution in [0.3, 0.4) is 0 Å². The fourth-order valence-electron chi connectivity index (χ4n) is 4.32. The molecule has 1 aliphatic heterocycles. The number of carbonyl (C=O) groups is 1. The number of halogens is 1. The molecule has 0 saturated heterocycles. The molecule has 0 spiro atoms. The number of fused-ring (bicyclic) bond motifs is 1. The first-order chi connectivity index (χ1) is 17.4. The Kier molecular flexibility index (Phi) is 6.85. The molecule has 1 unspecified atom stereocenters. The number of allylic oxidation sites excluding steroid dienone is 1. The second-order valence-electron chi connectivity index (χ2n) is 8.83. The average Bonchev–Trinajstić information content (AvgIpc) is 3.25. The molecule has 5 rings (SSSR count). The number of rotatable bonds is 6. The van der Waals surface area contributed by atoms with Gasteiger partial charge in [-0.25, -0.2) is 4.68 Å². The van der Waals surface area contributed by atoms with Crippen LogP contribution in [0.1, 0.15) is 35.2 Å². The molecule has 182 valence electrons. The molecule has 36 heavy (non-hydrogen) atoms. The van der Waals surface area contributed by atoms with Crippen molar-refractivity contribution in [1.29, 1.82) is 0 Å². The summed E-state index contributed by atoms with van der Waals surface area (Å²) in [4.78, 5) is 18.4. The molecule has 0 bridgehead atoms. The first-order valence-electron chi connectivity index (χ1n) is 11.6. The molecule has 0 fully saturated rings. The van der Waals surface area contributed by atoms with E-state index in [4.69, 9.17) is 21.7 Å². The Labute approximate surface area is 219 Å². The second-order valence-corrected chi connectivity index (χ2v) is 10.2. The highest BCUT2D eigenvalue weighted by molar-refractivity contribution is 7.98. The van der Waals surface area contributed by atoms with E-state index in [1.54, 1.807) is 16.4 Å². The topological polar surface area (TPSA) is 71.8 Å². The van der Waals surface area contributed by atoms with Crippen LogP contribution in [0, 0.1) is 13.8 Å². The molecule has 0 aliphatic carbocycles. The summed E-state index contributed by atoms with van der Waals surface area (Å²) in [6.07, 6.45) is 0. The van der Waals surface area contributed by atoms with Crippen LogP contribution in [0.25, 0.3) is 0 Å². The zero-order valence-corrected chi connectivity index (χ0v) is 21.8. The SMILES string of the molecule is CC1=C(C(=O)Nc2ccccc2C)C(c2cccc(Cl)c2)n2nc(SCc3cccc(C)c3)nc2N1. The molecular formula is C28H26ClN5OS. The minimum atomic E-state index is -0.482. The summed E-state index contributed by atoms with van der Waals surface area (Å²) in [5, 5.41) is 12.4. The third kappa shape index (κ3) is 5.03. The fraction of sp³-hybridized carbons (Fsp3) is 0.179. The number of amides is 1. The lowest BCUT2D eigenvalue weighted by atomic mass is 9.95. The van der Waals surface area contributed by atoms with Gasteiger partial charge in [0.2, 0.25) is 11.1 Å². The number of anilines is 2. The molecule has 3 aromatic carbocycles. The van der Waals surface area contributed by atoms with Gasteiger partial charge in [-0.3, -0.25) is 4.79 Å². The van der Waals surface area contributed by atoms with Crippen LogP contribution < -0.4 is 10.6 Å². The van der Waals surface area contributed by atoms with Crippen LogP contribution in [0.4, 0.5) is 11.6 Å². The first kappa shape index (κ1) is 24.2. The number of aryl methyl sites for hydroxylation is 2. The third-order valence-electron chi connectivity index (χ3n) is 6.09.